The van der Waals surface area contributed by atoms with Crippen LogP contribution in [0.5, 0.6) is 11.5 Å². The number of rotatable bonds is 6. The number of halogens is 5. The fraction of sp³-hybridized carbons (Fsp3) is 0.367. The minimum atomic E-state index is -4.78. The quantitative estimate of drug-likeness (QED) is 0.240. The SMILES string of the molecule is COc1c(F)cc(-c2ccc3c(c2)nc(Nc2ccc(OC(F)(F)F)cc2)n3C2CC(C)CC(C)(C)C2)cc1F. The van der Waals surface area contributed by atoms with Crippen LogP contribution in [-0.2, 0) is 0 Å². The summed E-state index contributed by atoms with van der Waals surface area (Å²) in [6.45, 7) is 6.71. The van der Waals surface area contributed by atoms with Gasteiger partial charge in [-0.1, -0.05) is 26.8 Å². The summed E-state index contributed by atoms with van der Waals surface area (Å²) in [5.74, 6) is -1.37. The van der Waals surface area contributed by atoms with Crippen LogP contribution in [0.2, 0.25) is 0 Å². The van der Waals surface area contributed by atoms with Gasteiger partial charge in [-0.3, -0.25) is 0 Å². The summed E-state index contributed by atoms with van der Waals surface area (Å²) in [6.07, 6.45) is -1.84. The maximum absolute atomic E-state index is 14.4. The van der Waals surface area contributed by atoms with Crippen LogP contribution in [0, 0.1) is 23.0 Å². The van der Waals surface area contributed by atoms with Crippen LogP contribution in [0.15, 0.2) is 54.6 Å². The molecule has 0 amide bonds. The van der Waals surface area contributed by atoms with Crippen LogP contribution in [0.3, 0.4) is 0 Å². The first-order chi connectivity index (χ1) is 18.8. The molecular formula is C30H30F5N3O2. The fourth-order valence-electron chi connectivity index (χ4n) is 6.02. The topological polar surface area (TPSA) is 48.3 Å². The van der Waals surface area contributed by atoms with Crippen molar-refractivity contribution in [2.75, 3.05) is 12.4 Å². The third-order valence-corrected chi connectivity index (χ3v) is 7.30. The van der Waals surface area contributed by atoms with Crippen molar-refractivity contribution in [2.24, 2.45) is 11.3 Å². The Hall–Kier alpha value is -3.82. The minimum absolute atomic E-state index is 0.102. The highest BCUT2D eigenvalue weighted by Gasteiger charge is 2.35. The van der Waals surface area contributed by atoms with Crippen molar-refractivity contribution >= 4 is 22.7 Å². The Kier molecular flexibility index (Phi) is 7.14. The van der Waals surface area contributed by atoms with Gasteiger partial charge in [-0.05, 0) is 90.3 Å². The highest BCUT2D eigenvalue weighted by Crippen LogP contribution is 2.46. The van der Waals surface area contributed by atoms with E-state index in [0.29, 0.717) is 34.2 Å². The zero-order valence-electron chi connectivity index (χ0n) is 22.6. The zero-order valence-corrected chi connectivity index (χ0v) is 22.6. The van der Waals surface area contributed by atoms with E-state index >= 15 is 0 Å². The molecule has 4 aromatic rings. The first kappa shape index (κ1) is 27.7. The molecule has 1 saturated carbocycles. The van der Waals surface area contributed by atoms with E-state index in [9.17, 15) is 22.0 Å². The van der Waals surface area contributed by atoms with Crippen molar-refractivity contribution in [1.29, 1.82) is 0 Å². The zero-order chi connectivity index (χ0) is 28.8. The molecule has 1 heterocycles. The summed E-state index contributed by atoms with van der Waals surface area (Å²) >= 11 is 0. The number of hydrogen-bond donors (Lipinski definition) is 1. The second-order valence-electron chi connectivity index (χ2n) is 11.2. The largest absolute Gasteiger partial charge is 0.573 e. The first-order valence-electron chi connectivity index (χ1n) is 13.0. The second-order valence-corrected chi connectivity index (χ2v) is 11.2. The van der Waals surface area contributed by atoms with E-state index < -0.39 is 23.7 Å². The van der Waals surface area contributed by atoms with Gasteiger partial charge < -0.3 is 19.4 Å². The van der Waals surface area contributed by atoms with Crippen molar-refractivity contribution in [1.82, 2.24) is 9.55 Å². The second kappa shape index (κ2) is 10.3. The molecule has 10 heteroatoms. The van der Waals surface area contributed by atoms with E-state index in [2.05, 4.69) is 35.4 Å². The van der Waals surface area contributed by atoms with Crippen LogP contribution >= 0.6 is 0 Å². The van der Waals surface area contributed by atoms with Gasteiger partial charge in [0.05, 0.1) is 18.1 Å². The number of ether oxygens (including phenoxy) is 2. The van der Waals surface area contributed by atoms with E-state index in [-0.39, 0.29) is 17.2 Å². The summed E-state index contributed by atoms with van der Waals surface area (Å²) in [6, 6.07) is 13.5. The van der Waals surface area contributed by atoms with Gasteiger partial charge in [0.15, 0.2) is 17.4 Å². The van der Waals surface area contributed by atoms with Crippen LogP contribution in [-0.4, -0.2) is 23.0 Å². The number of methoxy groups -OCH3 is 1. The number of alkyl halides is 3. The minimum Gasteiger partial charge on any atom is -0.491 e. The first-order valence-corrected chi connectivity index (χ1v) is 13.0. The molecular weight excluding hydrogens is 529 g/mol. The molecule has 0 spiro atoms. The van der Waals surface area contributed by atoms with E-state index in [1.165, 1.54) is 43.5 Å². The molecule has 212 valence electrons. The predicted octanol–water partition coefficient (Wildman–Crippen LogP) is 9.02. The van der Waals surface area contributed by atoms with E-state index in [1.807, 2.05) is 6.07 Å². The summed E-state index contributed by atoms with van der Waals surface area (Å²) in [5.41, 5.74) is 3.01. The Morgan fingerprint density at radius 1 is 0.950 bits per heavy atom. The Morgan fingerprint density at radius 3 is 2.23 bits per heavy atom. The molecule has 0 aliphatic heterocycles. The highest BCUT2D eigenvalue weighted by atomic mass is 19.4. The fourth-order valence-corrected chi connectivity index (χ4v) is 6.02. The maximum Gasteiger partial charge on any atom is 0.573 e. The number of nitrogens with one attached hydrogen (secondary N) is 1. The lowest BCUT2D eigenvalue weighted by Gasteiger charge is -2.40. The molecule has 0 bridgehead atoms. The molecule has 1 aliphatic rings. The van der Waals surface area contributed by atoms with Gasteiger partial charge in [0.25, 0.3) is 0 Å². The summed E-state index contributed by atoms with van der Waals surface area (Å²) in [7, 11) is 1.21. The van der Waals surface area contributed by atoms with E-state index in [4.69, 9.17) is 9.72 Å². The van der Waals surface area contributed by atoms with E-state index in [1.54, 1.807) is 12.1 Å². The van der Waals surface area contributed by atoms with Crippen molar-refractivity contribution in [3.8, 4) is 22.6 Å². The molecule has 2 unspecified atom stereocenters. The third-order valence-electron chi connectivity index (χ3n) is 7.30. The van der Waals surface area contributed by atoms with Crippen LogP contribution in [0.1, 0.15) is 46.1 Å². The molecule has 40 heavy (non-hydrogen) atoms. The monoisotopic (exact) mass is 559 g/mol. The van der Waals surface area contributed by atoms with Gasteiger partial charge in [0, 0.05) is 11.7 Å². The lowest BCUT2D eigenvalue weighted by atomic mass is 9.70. The summed E-state index contributed by atoms with van der Waals surface area (Å²) < 4.78 is 77.6. The lowest BCUT2D eigenvalue weighted by Crippen LogP contribution is -2.29. The number of imidazole rings is 1. The van der Waals surface area contributed by atoms with Crippen molar-refractivity contribution in [3.05, 3.63) is 66.2 Å². The van der Waals surface area contributed by atoms with Crippen molar-refractivity contribution < 1.29 is 31.4 Å². The number of benzene rings is 3. The Labute approximate surface area is 228 Å². The molecule has 1 N–H and O–H groups in total. The molecule has 5 nitrogen and oxygen atoms in total. The Bertz CT molecular complexity index is 1510. The lowest BCUT2D eigenvalue weighted by molar-refractivity contribution is -0.274. The van der Waals surface area contributed by atoms with Gasteiger partial charge in [-0.2, -0.15) is 0 Å². The molecule has 5 rings (SSSR count). The van der Waals surface area contributed by atoms with Gasteiger partial charge in [-0.15, -0.1) is 13.2 Å². The molecule has 1 aliphatic carbocycles. The average Bonchev–Trinajstić information content (AvgIpc) is 3.20. The predicted molar refractivity (Wildman–Crippen MR) is 144 cm³/mol. The Balaban J connectivity index is 1.56. The number of nitrogens with zero attached hydrogens (tertiary/aromatic N) is 2. The van der Waals surface area contributed by atoms with Gasteiger partial charge in [0.2, 0.25) is 5.95 Å². The van der Waals surface area contributed by atoms with Crippen LogP contribution < -0.4 is 14.8 Å². The van der Waals surface area contributed by atoms with Crippen LogP contribution in [0.4, 0.5) is 33.6 Å². The molecule has 2 atom stereocenters. The number of anilines is 2. The number of hydrogen-bond acceptors (Lipinski definition) is 4. The smallest absolute Gasteiger partial charge is 0.491 e. The maximum atomic E-state index is 14.4. The summed E-state index contributed by atoms with van der Waals surface area (Å²) in [4.78, 5) is 4.83. The van der Waals surface area contributed by atoms with Gasteiger partial charge in [-0.25, -0.2) is 13.8 Å². The highest BCUT2D eigenvalue weighted by molar-refractivity contribution is 5.85. The molecule has 0 radical (unpaired) electrons. The van der Waals surface area contributed by atoms with E-state index in [0.717, 1.165) is 24.8 Å². The normalized spacial score (nSPS) is 19.0. The van der Waals surface area contributed by atoms with Crippen molar-refractivity contribution in [3.63, 3.8) is 0 Å². The summed E-state index contributed by atoms with van der Waals surface area (Å²) in [5, 5.41) is 3.26. The molecule has 1 aromatic heterocycles. The number of aromatic nitrogens is 2. The standard InChI is InChI=1S/C30H30F5N3O2/c1-17-11-21(16-29(2,3)15-17)38-26-10-5-18(19-12-23(31)27(39-4)24(32)13-19)14-25(26)37-28(38)36-20-6-8-22(9-7-20)40-30(33,34)35/h5-10,12-14,17,21H,11,15-16H2,1-4H3,(H,36,37). The Morgan fingerprint density at radius 2 is 1.62 bits per heavy atom. The van der Waals surface area contributed by atoms with Gasteiger partial charge >= 0.3 is 6.36 Å². The van der Waals surface area contributed by atoms with Crippen LogP contribution in [0.25, 0.3) is 22.2 Å². The van der Waals surface area contributed by atoms with Gasteiger partial charge in [0.1, 0.15) is 5.75 Å². The average molecular weight is 560 g/mol. The number of fused-ring (bicyclic) bond motifs is 1. The molecule has 0 saturated heterocycles. The molecule has 3 aromatic carbocycles. The third kappa shape index (κ3) is 5.85. The molecule has 1 fully saturated rings. The van der Waals surface area contributed by atoms with Crippen molar-refractivity contribution in [2.45, 2.75) is 52.4 Å².